The fraction of sp³-hybridized carbons (Fsp3) is 0.500. The number of nitrogens with zero attached hydrogens (tertiary/aromatic N) is 1. The standard InChI is InChI=1S/C14H21N3O3S/c1-9(2)6-11(14(19)20-3)17-13(18)8-21-12-4-5-16-7-10(12)15/h4-5,7,9,11H,6,8,15H2,1-3H3,(H,17,18). The van der Waals surface area contributed by atoms with Crippen molar-refractivity contribution >= 4 is 29.3 Å². The van der Waals surface area contributed by atoms with Gasteiger partial charge in [-0.1, -0.05) is 13.8 Å². The van der Waals surface area contributed by atoms with Gasteiger partial charge in [-0.15, -0.1) is 11.8 Å². The molecule has 0 fully saturated rings. The van der Waals surface area contributed by atoms with Gasteiger partial charge in [0.05, 0.1) is 24.7 Å². The lowest BCUT2D eigenvalue weighted by Crippen LogP contribution is -2.43. The van der Waals surface area contributed by atoms with Crippen LogP contribution in [-0.2, 0) is 14.3 Å². The quantitative estimate of drug-likeness (QED) is 0.585. The monoisotopic (exact) mass is 311 g/mol. The highest BCUT2D eigenvalue weighted by Gasteiger charge is 2.22. The third-order valence-corrected chi connectivity index (χ3v) is 3.79. The average molecular weight is 311 g/mol. The second kappa shape index (κ2) is 8.51. The van der Waals surface area contributed by atoms with E-state index in [0.29, 0.717) is 12.1 Å². The number of amides is 1. The van der Waals surface area contributed by atoms with E-state index in [4.69, 9.17) is 10.5 Å². The zero-order valence-electron chi connectivity index (χ0n) is 12.5. The van der Waals surface area contributed by atoms with Crippen LogP contribution in [0.1, 0.15) is 20.3 Å². The van der Waals surface area contributed by atoms with Crippen molar-refractivity contribution in [3.05, 3.63) is 18.5 Å². The van der Waals surface area contributed by atoms with E-state index < -0.39 is 12.0 Å². The highest BCUT2D eigenvalue weighted by Crippen LogP contribution is 2.23. The summed E-state index contributed by atoms with van der Waals surface area (Å²) in [6, 6.07) is 1.14. The van der Waals surface area contributed by atoms with Crippen molar-refractivity contribution in [2.45, 2.75) is 31.2 Å². The normalized spacial score (nSPS) is 12.0. The van der Waals surface area contributed by atoms with Crippen LogP contribution in [0.25, 0.3) is 0 Å². The second-order valence-corrected chi connectivity index (χ2v) is 5.99. The third kappa shape index (κ3) is 6.03. The Morgan fingerprint density at radius 1 is 1.48 bits per heavy atom. The summed E-state index contributed by atoms with van der Waals surface area (Å²) in [5, 5.41) is 2.70. The number of hydrogen-bond donors (Lipinski definition) is 2. The van der Waals surface area contributed by atoms with Crippen LogP contribution in [0.15, 0.2) is 23.4 Å². The predicted molar refractivity (Wildman–Crippen MR) is 82.8 cm³/mol. The predicted octanol–water partition coefficient (Wildman–Crippen LogP) is 1.46. The molecule has 21 heavy (non-hydrogen) atoms. The minimum absolute atomic E-state index is 0.180. The highest BCUT2D eigenvalue weighted by molar-refractivity contribution is 8.00. The van der Waals surface area contributed by atoms with Crippen LogP contribution in [0.5, 0.6) is 0 Å². The lowest BCUT2D eigenvalue weighted by atomic mass is 10.0. The van der Waals surface area contributed by atoms with Crippen molar-refractivity contribution in [1.29, 1.82) is 0 Å². The molecule has 1 rings (SSSR count). The molecule has 0 saturated heterocycles. The fourth-order valence-corrected chi connectivity index (χ4v) is 2.48. The summed E-state index contributed by atoms with van der Waals surface area (Å²) in [4.78, 5) is 28.3. The summed E-state index contributed by atoms with van der Waals surface area (Å²) in [6.45, 7) is 3.96. The Bertz CT molecular complexity index is 494. The number of anilines is 1. The summed E-state index contributed by atoms with van der Waals surface area (Å²) < 4.78 is 4.71. The number of methoxy groups -OCH3 is 1. The maximum atomic E-state index is 11.9. The molecule has 116 valence electrons. The molecule has 3 N–H and O–H groups in total. The van der Waals surface area contributed by atoms with Crippen LogP contribution in [-0.4, -0.2) is 35.8 Å². The number of nitrogens with one attached hydrogen (secondary N) is 1. The van der Waals surface area contributed by atoms with Gasteiger partial charge < -0.3 is 15.8 Å². The Hall–Kier alpha value is -1.76. The molecule has 7 heteroatoms. The molecule has 1 aromatic heterocycles. The first kappa shape index (κ1) is 17.3. The van der Waals surface area contributed by atoms with Crippen molar-refractivity contribution in [3.8, 4) is 0 Å². The smallest absolute Gasteiger partial charge is 0.328 e. The molecule has 0 aliphatic carbocycles. The number of carbonyl (C=O) groups is 2. The summed E-state index contributed by atoms with van der Waals surface area (Å²) in [5.41, 5.74) is 6.28. The lowest BCUT2D eigenvalue weighted by molar-refractivity contribution is -0.145. The Kier molecular flexibility index (Phi) is 7.01. The number of thioether (sulfide) groups is 1. The van der Waals surface area contributed by atoms with E-state index in [0.717, 1.165) is 4.90 Å². The maximum Gasteiger partial charge on any atom is 0.328 e. The highest BCUT2D eigenvalue weighted by atomic mass is 32.2. The molecule has 6 nitrogen and oxygen atoms in total. The van der Waals surface area contributed by atoms with Gasteiger partial charge in [-0.3, -0.25) is 9.78 Å². The van der Waals surface area contributed by atoms with Gasteiger partial charge in [-0.2, -0.15) is 0 Å². The van der Waals surface area contributed by atoms with Crippen LogP contribution in [0.3, 0.4) is 0 Å². The van der Waals surface area contributed by atoms with E-state index >= 15 is 0 Å². The number of esters is 1. The summed E-state index contributed by atoms with van der Waals surface area (Å²) in [6.07, 6.45) is 3.70. The van der Waals surface area contributed by atoms with E-state index in [1.165, 1.54) is 25.1 Å². The second-order valence-electron chi connectivity index (χ2n) is 4.97. The van der Waals surface area contributed by atoms with Crippen molar-refractivity contribution in [2.75, 3.05) is 18.6 Å². The Balaban J connectivity index is 2.54. The van der Waals surface area contributed by atoms with E-state index in [1.54, 1.807) is 12.3 Å². The Morgan fingerprint density at radius 2 is 2.19 bits per heavy atom. The molecule has 1 heterocycles. The van der Waals surface area contributed by atoms with Gasteiger partial charge in [0.25, 0.3) is 0 Å². The molecule has 1 unspecified atom stereocenters. The first-order chi connectivity index (χ1) is 9.93. The molecule has 1 atom stereocenters. The van der Waals surface area contributed by atoms with Crippen LogP contribution in [0.4, 0.5) is 5.69 Å². The van der Waals surface area contributed by atoms with Crippen LogP contribution in [0.2, 0.25) is 0 Å². The zero-order chi connectivity index (χ0) is 15.8. The van der Waals surface area contributed by atoms with Gasteiger partial charge in [0.1, 0.15) is 6.04 Å². The Labute approximate surface area is 128 Å². The SMILES string of the molecule is COC(=O)C(CC(C)C)NC(=O)CSc1ccncc1N. The summed E-state index contributed by atoms with van der Waals surface area (Å²) in [7, 11) is 1.31. The fourth-order valence-electron chi connectivity index (χ4n) is 1.73. The number of rotatable bonds is 7. The number of pyridine rings is 1. The molecule has 1 amide bonds. The summed E-state index contributed by atoms with van der Waals surface area (Å²) >= 11 is 1.31. The Morgan fingerprint density at radius 3 is 2.76 bits per heavy atom. The molecule has 0 aromatic carbocycles. The van der Waals surface area contributed by atoms with E-state index in [9.17, 15) is 9.59 Å². The zero-order valence-corrected chi connectivity index (χ0v) is 13.3. The van der Waals surface area contributed by atoms with Crippen molar-refractivity contribution < 1.29 is 14.3 Å². The molecule has 0 bridgehead atoms. The van der Waals surface area contributed by atoms with Gasteiger partial charge in [-0.05, 0) is 18.4 Å². The minimum Gasteiger partial charge on any atom is -0.467 e. The molecule has 0 aliphatic heterocycles. The van der Waals surface area contributed by atoms with Crippen molar-refractivity contribution in [3.63, 3.8) is 0 Å². The van der Waals surface area contributed by atoms with Crippen LogP contribution >= 0.6 is 11.8 Å². The number of nitrogen functional groups attached to an aromatic ring is 1. The molecule has 0 saturated carbocycles. The number of carbonyl (C=O) groups excluding carboxylic acids is 2. The molecule has 1 aromatic rings. The maximum absolute atomic E-state index is 11.9. The van der Waals surface area contributed by atoms with Gasteiger partial charge in [0, 0.05) is 11.1 Å². The van der Waals surface area contributed by atoms with Crippen LogP contribution in [0, 0.1) is 5.92 Å². The number of hydrogen-bond acceptors (Lipinski definition) is 6. The van der Waals surface area contributed by atoms with Crippen LogP contribution < -0.4 is 11.1 Å². The van der Waals surface area contributed by atoms with E-state index in [2.05, 4.69) is 10.3 Å². The minimum atomic E-state index is -0.613. The number of aromatic nitrogens is 1. The topological polar surface area (TPSA) is 94.3 Å². The molecular weight excluding hydrogens is 290 g/mol. The number of ether oxygens (including phenoxy) is 1. The first-order valence-corrected chi connectivity index (χ1v) is 7.62. The van der Waals surface area contributed by atoms with Crippen molar-refractivity contribution in [1.82, 2.24) is 10.3 Å². The lowest BCUT2D eigenvalue weighted by Gasteiger charge is -2.18. The van der Waals surface area contributed by atoms with Gasteiger partial charge in [0.15, 0.2) is 0 Å². The van der Waals surface area contributed by atoms with Gasteiger partial charge >= 0.3 is 5.97 Å². The molecular formula is C14H21N3O3S. The average Bonchev–Trinajstić information content (AvgIpc) is 2.44. The van der Waals surface area contributed by atoms with Gasteiger partial charge in [-0.25, -0.2) is 4.79 Å². The van der Waals surface area contributed by atoms with E-state index in [-0.39, 0.29) is 17.6 Å². The third-order valence-electron chi connectivity index (χ3n) is 2.70. The molecule has 0 spiro atoms. The van der Waals surface area contributed by atoms with Gasteiger partial charge in [0.2, 0.25) is 5.91 Å². The summed E-state index contributed by atoms with van der Waals surface area (Å²) in [5.74, 6) is -0.199. The molecule has 0 aliphatic rings. The molecule has 0 radical (unpaired) electrons. The first-order valence-electron chi connectivity index (χ1n) is 6.63. The van der Waals surface area contributed by atoms with Crippen molar-refractivity contribution in [2.24, 2.45) is 5.92 Å². The number of nitrogens with two attached hydrogens (primary N) is 1. The largest absolute Gasteiger partial charge is 0.467 e. The van der Waals surface area contributed by atoms with E-state index in [1.807, 2.05) is 13.8 Å².